The van der Waals surface area contributed by atoms with E-state index in [0.29, 0.717) is 12.3 Å². The first-order valence-electron chi connectivity index (χ1n) is 9.42. The van der Waals surface area contributed by atoms with E-state index in [2.05, 4.69) is 10.6 Å². The number of anilines is 1. The molecule has 0 saturated heterocycles. The lowest BCUT2D eigenvalue weighted by atomic mass is 10.2. The monoisotopic (exact) mass is 383 g/mol. The van der Waals surface area contributed by atoms with Gasteiger partial charge in [-0.05, 0) is 57.6 Å². The maximum atomic E-state index is 12.4. The van der Waals surface area contributed by atoms with Gasteiger partial charge < -0.3 is 15.4 Å². The van der Waals surface area contributed by atoms with Gasteiger partial charge in [-0.15, -0.1) is 0 Å². The van der Waals surface area contributed by atoms with Crippen molar-refractivity contribution in [3.8, 4) is 5.75 Å². The van der Waals surface area contributed by atoms with Gasteiger partial charge in [0.05, 0.1) is 12.6 Å². The number of likely N-dealkylation sites (N-methyl/N-ethyl adjacent to an activating group) is 1. The highest BCUT2D eigenvalue weighted by Crippen LogP contribution is 2.17. The Kier molecular flexibility index (Phi) is 8.02. The molecular formula is C22H29N3O3. The highest BCUT2D eigenvalue weighted by molar-refractivity contribution is 5.95. The van der Waals surface area contributed by atoms with Gasteiger partial charge in [0.1, 0.15) is 12.4 Å². The Balaban J connectivity index is 1.83. The molecule has 0 spiro atoms. The average Bonchev–Trinajstić information content (AvgIpc) is 2.66. The molecule has 2 aromatic rings. The zero-order chi connectivity index (χ0) is 20.5. The quantitative estimate of drug-likeness (QED) is 0.698. The van der Waals surface area contributed by atoms with Gasteiger partial charge in [0.2, 0.25) is 11.8 Å². The van der Waals surface area contributed by atoms with Crippen LogP contribution in [0.5, 0.6) is 5.75 Å². The Morgan fingerprint density at radius 2 is 1.64 bits per heavy atom. The first-order valence-corrected chi connectivity index (χ1v) is 9.42. The summed E-state index contributed by atoms with van der Waals surface area (Å²) in [5.41, 5.74) is 1.78. The minimum Gasteiger partial charge on any atom is -0.489 e. The summed E-state index contributed by atoms with van der Waals surface area (Å²) in [6, 6.07) is 16.8. The number of rotatable bonds is 9. The van der Waals surface area contributed by atoms with E-state index in [4.69, 9.17) is 4.74 Å². The van der Waals surface area contributed by atoms with Crippen LogP contribution in [0.15, 0.2) is 54.6 Å². The summed E-state index contributed by atoms with van der Waals surface area (Å²) < 4.78 is 5.75. The number of hydrogen-bond donors (Lipinski definition) is 2. The van der Waals surface area contributed by atoms with Crippen molar-refractivity contribution in [3.05, 3.63) is 60.2 Å². The van der Waals surface area contributed by atoms with Crippen molar-refractivity contribution in [2.45, 2.75) is 39.5 Å². The molecule has 0 aromatic heterocycles. The molecule has 0 fully saturated rings. The van der Waals surface area contributed by atoms with E-state index in [9.17, 15) is 9.59 Å². The van der Waals surface area contributed by atoms with Crippen molar-refractivity contribution in [3.63, 3.8) is 0 Å². The lowest BCUT2D eigenvalue weighted by Crippen LogP contribution is -2.45. The third kappa shape index (κ3) is 7.04. The van der Waals surface area contributed by atoms with E-state index in [-0.39, 0.29) is 24.4 Å². The van der Waals surface area contributed by atoms with Gasteiger partial charge in [0.25, 0.3) is 0 Å². The molecule has 6 nitrogen and oxygen atoms in total. The Hall–Kier alpha value is -2.86. The van der Waals surface area contributed by atoms with Gasteiger partial charge in [-0.25, -0.2) is 0 Å². The SMILES string of the molecule is CC(C)NC(=O)CN(C)[C@@H](C)C(=O)Nc1ccc(OCc2ccccc2)cc1. The zero-order valence-corrected chi connectivity index (χ0v) is 16.9. The molecule has 2 amide bonds. The van der Waals surface area contributed by atoms with Crippen LogP contribution < -0.4 is 15.4 Å². The molecule has 150 valence electrons. The number of carbonyl (C=O) groups excluding carboxylic acids is 2. The normalized spacial score (nSPS) is 11.9. The van der Waals surface area contributed by atoms with Gasteiger partial charge in [-0.2, -0.15) is 0 Å². The van der Waals surface area contributed by atoms with Crippen LogP contribution in [0, 0.1) is 0 Å². The lowest BCUT2D eigenvalue weighted by molar-refractivity contribution is -0.125. The minimum absolute atomic E-state index is 0.0765. The van der Waals surface area contributed by atoms with Crippen LogP contribution in [0.2, 0.25) is 0 Å². The fourth-order valence-corrected chi connectivity index (χ4v) is 2.55. The van der Waals surface area contributed by atoms with Crippen molar-refractivity contribution < 1.29 is 14.3 Å². The fourth-order valence-electron chi connectivity index (χ4n) is 2.55. The summed E-state index contributed by atoms with van der Waals surface area (Å²) in [5.74, 6) is 0.465. The van der Waals surface area contributed by atoms with Gasteiger partial charge in [-0.3, -0.25) is 14.5 Å². The van der Waals surface area contributed by atoms with Crippen LogP contribution in [-0.2, 0) is 16.2 Å². The van der Waals surface area contributed by atoms with Gasteiger partial charge >= 0.3 is 0 Å². The Bertz CT molecular complexity index is 760. The van der Waals surface area contributed by atoms with Gasteiger partial charge in [0.15, 0.2) is 0 Å². The molecule has 0 aliphatic heterocycles. The van der Waals surface area contributed by atoms with Crippen LogP contribution >= 0.6 is 0 Å². The molecule has 0 unspecified atom stereocenters. The molecule has 2 rings (SSSR count). The summed E-state index contributed by atoms with van der Waals surface area (Å²) >= 11 is 0. The van der Waals surface area contributed by atoms with Crippen molar-refractivity contribution in [1.29, 1.82) is 0 Å². The third-order valence-electron chi connectivity index (χ3n) is 4.25. The summed E-state index contributed by atoms with van der Waals surface area (Å²) in [6.45, 7) is 6.24. The third-order valence-corrected chi connectivity index (χ3v) is 4.25. The zero-order valence-electron chi connectivity index (χ0n) is 16.9. The van der Waals surface area contributed by atoms with E-state index >= 15 is 0 Å². The van der Waals surface area contributed by atoms with Crippen LogP contribution in [0.3, 0.4) is 0 Å². The second-order valence-electron chi connectivity index (χ2n) is 7.10. The first-order chi connectivity index (χ1) is 13.3. The molecule has 0 saturated carbocycles. The molecular weight excluding hydrogens is 354 g/mol. The van der Waals surface area contributed by atoms with Crippen LogP contribution in [0.1, 0.15) is 26.3 Å². The van der Waals surface area contributed by atoms with E-state index in [0.717, 1.165) is 11.3 Å². The Morgan fingerprint density at radius 3 is 2.25 bits per heavy atom. The maximum absolute atomic E-state index is 12.4. The number of nitrogens with zero attached hydrogens (tertiary/aromatic N) is 1. The van der Waals surface area contributed by atoms with Crippen molar-refractivity contribution in [1.82, 2.24) is 10.2 Å². The molecule has 1 atom stereocenters. The van der Waals surface area contributed by atoms with Gasteiger partial charge in [0, 0.05) is 11.7 Å². The van der Waals surface area contributed by atoms with Gasteiger partial charge in [-0.1, -0.05) is 30.3 Å². The molecule has 6 heteroatoms. The maximum Gasteiger partial charge on any atom is 0.241 e. The second-order valence-corrected chi connectivity index (χ2v) is 7.10. The molecule has 0 bridgehead atoms. The van der Waals surface area contributed by atoms with E-state index < -0.39 is 6.04 Å². The Morgan fingerprint density at radius 1 is 1.00 bits per heavy atom. The fraction of sp³-hybridized carbons (Fsp3) is 0.364. The van der Waals surface area contributed by atoms with E-state index in [1.165, 1.54) is 0 Å². The molecule has 0 radical (unpaired) electrons. The number of carbonyl (C=O) groups is 2. The number of nitrogens with one attached hydrogen (secondary N) is 2. The molecule has 0 heterocycles. The summed E-state index contributed by atoms with van der Waals surface area (Å²) in [6.07, 6.45) is 0. The molecule has 2 aromatic carbocycles. The summed E-state index contributed by atoms with van der Waals surface area (Å²) in [7, 11) is 1.75. The summed E-state index contributed by atoms with van der Waals surface area (Å²) in [4.78, 5) is 26.0. The average molecular weight is 383 g/mol. The molecule has 2 N–H and O–H groups in total. The van der Waals surface area contributed by atoms with Crippen molar-refractivity contribution in [2.75, 3.05) is 18.9 Å². The van der Waals surface area contributed by atoms with Crippen LogP contribution in [0.25, 0.3) is 0 Å². The predicted octanol–water partition coefficient (Wildman–Crippen LogP) is 3.05. The molecule has 28 heavy (non-hydrogen) atoms. The topological polar surface area (TPSA) is 70.7 Å². The van der Waals surface area contributed by atoms with Crippen LogP contribution in [-0.4, -0.2) is 42.4 Å². The molecule has 0 aliphatic rings. The predicted molar refractivity (Wildman–Crippen MR) is 111 cm³/mol. The number of amides is 2. The largest absolute Gasteiger partial charge is 0.489 e. The number of hydrogen-bond acceptors (Lipinski definition) is 4. The highest BCUT2D eigenvalue weighted by Gasteiger charge is 2.20. The second kappa shape index (κ2) is 10.5. The van der Waals surface area contributed by atoms with E-state index in [1.54, 1.807) is 31.0 Å². The molecule has 0 aliphatic carbocycles. The van der Waals surface area contributed by atoms with Crippen molar-refractivity contribution >= 4 is 17.5 Å². The number of benzene rings is 2. The number of ether oxygens (including phenoxy) is 1. The van der Waals surface area contributed by atoms with E-state index in [1.807, 2.05) is 56.3 Å². The first kappa shape index (κ1) is 21.4. The van der Waals surface area contributed by atoms with Crippen LogP contribution in [0.4, 0.5) is 5.69 Å². The smallest absolute Gasteiger partial charge is 0.241 e. The standard InChI is InChI=1S/C22H29N3O3/c1-16(2)23-21(26)14-25(4)17(3)22(27)24-19-10-12-20(13-11-19)28-15-18-8-6-5-7-9-18/h5-13,16-17H,14-15H2,1-4H3,(H,23,26)(H,24,27)/t17-/m0/s1. The minimum atomic E-state index is -0.438. The lowest BCUT2D eigenvalue weighted by Gasteiger charge is -2.23. The Labute approximate surface area is 166 Å². The van der Waals surface area contributed by atoms with Crippen molar-refractivity contribution in [2.24, 2.45) is 0 Å². The summed E-state index contributed by atoms with van der Waals surface area (Å²) in [5, 5.41) is 5.69. The highest BCUT2D eigenvalue weighted by atomic mass is 16.5.